The highest BCUT2D eigenvalue weighted by atomic mass is 16.5. The largest absolute Gasteiger partial charge is 0.465 e. The number of anilines is 1. The van der Waals surface area contributed by atoms with E-state index in [2.05, 4.69) is 15.5 Å². The van der Waals surface area contributed by atoms with E-state index in [0.29, 0.717) is 17.7 Å². The summed E-state index contributed by atoms with van der Waals surface area (Å²) in [6.07, 6.45) is 3.22. The molecule has 3 aromatic rings. The minimum atomic E-state index is -0.646. The third-order valence-corrected chi connectivity index (χ3v) is 5.05. The van der Waals surface area contributed by atoms with Crippen LogP contribution in [-0.2, 0) is 22.3 Å². The quantitative estimate of drug-likeness (QED) is 0.635. The first-order chi connectivity index (χ1) is 14.4. The molecule has 0 radical (unpaired) electrons. The van der Waals surface area contributed by atoms with Gasteiger partial charge in [0.2, 0.25) is 0 Å². The van der Waals surface area contributed by atoms with Crippen LogP contribution in [0.25, 0.3) is 11.3 Å². The molecule has 0 bridgehead atoms. The number of aromatic nitrogens is 2. The van der Waals surface area contributed by atoms with Crippen LogP contribution in [0.2, 0.25) is 0 Å². The van der Waals surface area contributed by atoms with Crippen LogP contribution in [0.4, 0.5) is 5.69 Å². The second kappa shape index (κ2) is 7.51. The zero-order valence-electron chi connectivity index (χ0n) is 16.6. The molecule has 9 heteroatoms. The molecule has 1 aliphatic rings. The molecule has 0 fully saturated rings. The molecule has 2 heterocycles. The van der Waals surface area contributed by atoms with Gasteiger partial charge < -0.3 is 19.2 Å². The molecular formula is C21H19N3O6. The Bertz CT molecular complexity index is 1140. The lowest BCUT2D eigenvalue weighted by Crippen LogP contribution is -2.14. The third-order valence-electron chi connectivity index (χ3n) is 5.05. The number of hydrogen-bond donors (Lipinski definition) is 2. The SMILES string of the molecule is COC(=O)c1cc(NC(=O)c2oc3c(c2C)-c2[nH]ncc2CC3)cc(C(=O)OC)c1. The average molecular weight is 409 g/mol. The number of rotatable bonds is 4. The molecular weight excluding hydrogens is 390 g/mol. The molecule has 1 amide bonds. The van der Waals surface area contributed by atoms with E-state index in [-0.39, 0.29) is 22.6 Å². The van der Waals surface area contributed by atoms with Gasteiger partial charge in [0, 0.05) is 23.2 Å². The fourth-order valence-electron chi connectivity index (χ4n) is 3.62. The predicted octanol–water partition coefficient (Wildman–Crippen LogP) is 2.90. The molecule has 154 valence electrons. The van der Waals surface area contributed by atoms with Gasteiger partial charge in [-0.15, -0.1) is 0 Å². The van der Waals surface area contributed by atoms with Gasteiger partial charge in [-0.05, 0) is 37.1 Å². The highest BCUT2D eigenvalue weighted by Gasteiger charge is 2.29. The number of carbonyl (C=O) groups is 3. The van der Waals surface area contributed by atoms with Gasteiger partial charge in [0.05, 0.1) is 37.2 Å². The summed E-state index contributed by atoms with van der Waals surface area (Å²) in [5.74, 6) is -0.917. The Morgan fingerprint density at radius 2 is 1.73 bits per heavy atom. The zero-order valence-corrected chi connectivity index (χ0v) is 16.6. The van der Waals surface area contributed by atoms with Gasteiger partial charge in [-0.1, -0.05) is 0 Å². The second-order valence-electron chi connectivity index (χ2n) is 6.86. The maximum atomic E-state index is 12.9. The van der Waals surface area contributed by atoms with Gasteiger partial charge in [0.1, 0.15) is 5.76 Å². The maximum Gasteiger partial charge on any atom is 0.337 e. The van der Waals surface area contributed by atoms with Crippen LogP contribution in [0.5, 0.6) is 0 Å². The van der Waals surface area contributed by atoms with Crippen molar-refractivity contribution in [3.05, 3.63) is 58.2 Å². The molecule has 30 heavy (non-hydrogen) atoms. The molecule has 0 atom stereocenters. The normalized spacial score (nSPS) is 12.0. The lowest BCUT2D eigenvalue weighted by atomic mass is 9.93. The minimum absolute atomic E-state index is 0.105. The van der Waals surface area contributed by atoms with Crippen LogP contribution in [-0.4, -0.2) is 42.3 Å². The Kier molecular flexibility index (Phi) is 4.86. The summed E-state index contributed by atoms with van der Waals surface area (Å²) in [4.78, 5) is 36.8. The van der Waals surface area contributed by atoms with Gasteiger partial charge >= 0.3 is 11.9 Å². The summed E-state index contributed by atoms with van der Waals surface area (Å²) in [6.45, 7) is 1.80. The molecule has 0 aliphatic heterocycles. The van der Waals surface area contributed by atoms with Crippen molar-refractivity contribution in [1.82, 2.24) is 10.2 Å². The summed E-state index contributed by atoms with van der Waals surface area (Å²) in [6, 6.07) is 4.17. The molecule has 1 aromatic carbocycles. The smallest absolute Gasteiger partial charge is 0.337 e. The van der Waals surface area contributed by atoms with Crippen molar-refractivity contribution >= 4 is 23.5 Å². The Morgan fingerprint density at radius 3 is 2.37 bits per heavy atom. The minimum Gasteiger partial charge on any atom is -0.465 e. The van der Waals surface area contributed by atoms with Crippen LogP contribution in [0.15, 0.2) is 28.8 Å². The van der Waals surface area contributed by atoms with E-state index in [0.717, 1.165) is 23.2 Å². The lowest BCUT2D eigenvalue weighted by Gasteiger charge is -2.10. The summed E-state index contributed by atoms with van der Waals surface area (Å²) in [5, 5.41) is 9.73. The summed E-state index contributed by atoms with van der Waals surface area (Å²) >= 11 is 0. The number of hydrogen-bond acceptors (Lipinski definition) is 7. The molecule has 2 aromatic heterocycles. The molecule has 0 saturated heterocycles. The van der Waals surface area contributed by atoms with Crippen LogP contribution in [0, 0.1) is 6.92 Å². The van der Waals surface area contributed by atoms with E-state index in [9.17, 15) is 14.4 Å². The highest BCUT2D eigenvalue weighted by Crippen LogP contribution is 2.38. The Balaban J connectivity index is 1.68. The monoisotopic (exact) mass is 409 g/mol. The summed E-state index contributed by atoms with van der Waals surface area (Å²) in [7, 11) is 2.46. The lowest BCUT2D eigenvalue weighted by molar-refractivity contribution is 0.0599. The first-order valence-electron chi connectivity index (χ1n) is 9.21. The maximum absolute atomic E-state index is 12.9. The number of aromatic amines is 1. The zero-order chi connectivity index (χ0) is 21.4. The Morgan fingerprint density at radius 1 is 1.07 bits per heavy atom. The standard InChI is InChI=1S/C21H19N3O6/c1-10-16-15(5-4-11-9-22-24-17(11)16)30-18(10)19(25)23-14-7-12(20(26)28-2)6-13(8-14)21(27)29-3/h6-9H,4-5H2,1-3H3,(H,22,24)(H,23,25). The number of fused-ring (bicyclic) bond motifs is 3. The van der Waals surface area contributed by atoms with Crippen molar-refractivity contribution in [2.24, 2.45) is 0 Å². The van der Waals surface area contributed by atoms with Crippen LogP contribution < -0.4 is 5.32 Å². The number of esters is 2. The first kappa shape index (κ1) is 19.4. The summed E-state index contributed by atoms with van der Waals surface area (Å²) in [5.41, 5.74) is 3.91. The van der Waals surface area contributed by atoms with Crippen LogP contribution in [0.3, 0.4) is 0 Å². The number of nitrogens with zero attached hydrogens (tertiary/aromatic N) is 1. The van der Waals surface area contributed by atoms with Crippen molar-refractivity contribution in [2.75, 3.05) is 19.5 Å². The molecule has 0 saturated carbocycles. The van der Waals surface area contributed by atoms with Gasteiger partial charge in [-0.2, -0.15) is 5.10 Å². The van der Waals surface area contributed by atoms with E-state index in [1.165, 1.54) is 32.4 Å². The number of aryl methyl sites for hydroxylation is 2. The number of H-pyrrole nitrogens is 1. The van der Waals surface area contributed by atoms with Gasteiger partial charge in [-0.25, -0.2) is 9.59 Å². The molecule has 4 rings (SSSR count). The Labute approximate surface area is 171 Å². The van der Waals surface area contributed by atoms with E-state index < -0.39 is 17.8 Å². The second-order valence-corrected chi connectivity index (χ2v) is 6.86. The van der Waals surface area contributed by atoms with E-state index in [1.54, 1.807) is 13.1 Å². The van der Waals surface area contributed by atoms with Crippen LogP contribution >= 0.6 is 0 Å². The number of benzene rings is 1. The van der Waals surface area contributed by atoms with Gasteiger partial charge in [-0.3, -0.25) is 9.89 Å². The van der Waals surface area contributed by atoms with Crippen molar-refractivity contribution in [2.45, 2.75) is 19.8 Å². The predicted molar refractivity (Wildman–Crippen MR) is 106 cm³/mol. The number of amides is 1. The average Bonchev–Trinajstić information content (AvgIpc) is 3.36. The van der Waals surface area contributed by atoms with E-state index in [1.807, 2.05) is 0 Å². The number of carbonyl (C=O) groups excluding carboxylic acids is 3. The number of ether oxygens (including phenoxy) is 2. The fourth-order valence-corrected chi connectivity index (χ4v) is 3.62. The van der Waals surface area contributed by atoms with Crippen molar-refractivity contribution in [3.8, 4) is 11.3 Å². The van der Waals surface area contributed by atoms with Gasteiger partial charge in [0.15, 0.2) is 5.76 Å². The highest BCUT2D eigenvalue weighted by molar-refractivity contribution is 6.06. The molecule has 0 unspecified atom stereocenters. The van der Waals surface area contributed by atoms with Gasteiger partial charge in [0.25, 0.3) is 5.91 Å². The topological polar surface area (TPSA) is 124 Å². The van der Waals surface area contributed by atoms with Crippen molar-refractivity contribution < 1.29 is 28.3 Å². The third kappa shape index (κ3) is 3.24. The molecule has 1 aliphatic carbocycles. The number of methoxy groups -OCH3 is 2. The first-order valence-corrected chi connectivity index (χ1v) is 9.21. The Hall–Kier alpha value is -3.88. The number of furan rings is 1. The summed E-state index contributed by atoms with van der Waals surface area (Å²) < 4.78 is 15.3. The van der Waals surface area contributed by atoms with Crippen LogP contribution in [0.1, 0.15) is 48.2 Å². The molecule has 2 N–H and O–H groups in total. The van der Waals surface area contributed by atoms with E-state index in [4.69, 9.17) is 13.9 Å². The number of nitrogens with one attached hydrogen (secondary N) is 2. The van der Waals surface area contributed by atoms with Crippen molar-refractivity contribution in [3.63, 3.8) is 0 Å². The molecule has 9 nitrogen and oxygen atoms in total. The fraction of sp³-hybridized carbons (Fsp3) is 0.238. The molecule has 0 spiro atoms. The van der Waals surface area contributed by atoms with Crippen molar-refractivity contribution in [1.29, 1.82) is 0 Å². The van der Waals surface area contributed by atoms with E-state index >= 15 is 0 Å².